The Labute approximate surface area is 93.8 Å². The molecular weight excluding hydrogens is 205 g/mol. The number of hydrogen-bond donors (Lipinski definition) is 1. The van der Waals surface area contributed by atoms with Crippen molar-refractivity contribution in [2.24, 2.45) is 0 Å². The molecule has 0 amide bonds. The van der Waals surface area contributed by atoms with Crippen LogP contribution in [-0.2, 0) is 0 Å². The molecule has 3 heteroatoms. The SMILES string of the molecule is CNCC/C=C/c1cc2cc(F)ccc2o1. The van der Waals surface area contributed by atoms with Crippen molar-refractivity contribution < 1.29 is 8.81 Å². The van der Waals surface area contributed by atoms with Crippen molar-refractivity contribution in [1.82, 2.24) is 5.32 Å². The summed E-state index contributed by atoms with van der Waals surface area (Å²) in [6, 6.07) is 6.37. The third-order valence-corrected chi connectivity index (χ3v) is 2.34. The lowest BCUT2D eigenvalue weighted by Crippen LogP contribution is -2.05. The molecule has 2 rings (SSSR count). The highest BCUT2D eigenvalue weighted by molar-refractivity contribution is 5.79. The molecule has 0 saturated heterocycles. The maximum atomic E-state index is 12.9. The van der Waals surface area contributed by atoms with Crippen LogP contribution in [0.1, 0.15) is 12.2 Å². The lowest BCUT2D eigenvalue weighted by atomic mass is 10.2. The zero-order valence-corrected chi connectivity index (χ0v) is 9.16. The molecule has 0 aliphatic rings. The van der Waals surface area contributed by atoms with Gasteiger partial charge in [0.1, 0.15) is 17.2 Å². The van der Waals surface area contributed by atoms with Crippen molar-refractivity contribution in [1.29, 1.82) is 0 Å². The first-order chi connectivity index (χ1) is 7.79. The highest BCUT2D eigenvalue weighted by Gasteiger charge is 2.01. The quantitative estimate of drug-likeness (QED) is 0.799. The molecule has 0 saturated carbocycles. The van der Waals surface area contributed by atoms with Crippen LogP contribution < -0.4 is 5.32 Å². The number of nitrogens with one attached hydrogen (secondary N) is 1. The Morgan fingerprint density at radius 2 is 2.25 bits per heavy atom. The van der Waals surface area contributed by atoms with Crippen LogP contribution in [0.5, 0.6) is 0 Å². The molecule has 0 spiro atoms. The molecule has 1 N–H and O–H groups in total. The number of rotatable bonds is 4. The van der Waals surface area contributed by atoms with Crippen molar-refractivity contribution in [2.75, 3.05) is 13.6 Å². The highest BCUT2D eigenvalue weighted by atomic mass is 19.1. The zero-order valence-electron chi connectivity index (χ0n) is 9.16. The Morgan fingerprint density at radius 3 is 3.06 bits per heavy atom. The van der Waals surface area contributed by atoms with Crippen molar-refractivity contribution >= 4 is 17.0 Å². The Bertz CT molecular complexity index is 502. The van der Waals surface area contributed by atoms with Crippen molar-refractivity contribution in [3.8, 4) is 0 Å². The van der Waals surface area contributed by atoms with Gasteiger partial charge in [-0.05, 0) is 50.4 Å². The van der Waals surface area contributed by atoms with Gasteiger partial charge in [-0.15, -0.1) is 0 Å². The third kappa shape index (κ3) is 2.49. The smallest absolute Gasteiger partial charge is 0.134 e. The Hall–Kier alpha value is -1.61. The summed E-state index contributed by atoms with van der Waals surface area (Å²) in [5.41, 5.74) is 0.717. The fourth-order valence-corrected chi connectivity index (χ4v) is 1.54. The second-order valence-corrected chi connectivity index (χ2v) is 3.63. The molecule has 1 aromatic heterocycles. The van der Waals surface area contributed by atoms with E-state index in [9.17, 15) is 4.39 Å². The second kappa shape index (κ2) is 4.94. The second-order valence-electron chi connectivity index (χ2n) is 3.63. The van der Waals surface area contributed by atoms with Crippen LogP contribution in [0, 0.1) is 5.82 Å². The van der Waals surface area contributed by atoms with Gasteiger partial charge < -0.3 is 9.73 Å². The van der Waals surface area contributed by atoms with Gasteiger partial charge in [0.25, 0.3) is 0 Å². The minimum atomic E-state index is -0.237. The van der Waals surface area contributed by atoms with E-state index in [1.165, 1.54) is 12.1 Å². The van der Waals surface area contributed by atoms with Crippen LogP contribution in [0.3, 0.4) is 0 Å². The van der Waals surface area contributed by atoms with E-state index in [1.807, 2.05) is 25.3 Å². The van der Waals surface area contributed by atoms with Crippen LogP contribution in [0.2, 0.25) is 0 Å². The number of benzene rings is 1. The van der Waals surface area contributed by atoms with Crippen LogP contribution in [-0.4, -0.2) is 13.6 Å². The largest absolute Gasteiger partial charge is 0.457 e. The predicted octanol–water partition coefficient (Wildman–Crippen LogP) is 3.19. The summed E-state index contributed by atoms with van der Waals surface area (Å²) in [6.45, 7) is 0.936. The molecule has 0 atom stereocenters. The summed E-state index contributed by atoms with van der Waals surface area (Å²) in [6.07, 6.45) is 4.89. The summed E-state index contributed by atoms with van der Waals surface area (Å²) in [5.74, 6) is 0.524. The first kappa shape index (κ1) is 10.9. The van der Waals surface area contributed by atoms with Gasteiger partial charge in [0.2, 0.25) is 0 Å². The van der Waals surface area contributed by atoms with E-state index in [1.54, 1.807) is 6.07 Å². The summed E-state index contributed by atoms with van der Waals surface area (Å²) in [4.78, 5) is 0. The molecule has 2 nitrogen and oxygen atoms in total. The number of halogens is 1. The van der Waals surface area contributed by atoms with E-state index in [0.717, 1.165) is 29.7 Å². The van der Waals surface area contributed by atoms with Gasteiger partial charge in [-0.25, -0.2) is 4.39 Å². The monoisotopic (exact) mass is 219 g/mol. The fraction of sp³-hybridized carbons (Fsp3) is 0.231. The Balaban J connectivity index is 2.16. The van der Waals surface area contributed by atoms with Crippen LogP contribution in [0.4, 0.5) is 4.39 Å². The summed E-state index contributed by atoms with van der Waals surface area (Å²) in [7, 11) is 1.91. The van der Waals surface area contributed by atoms with Crippen molar-refractivity contribution in [3.63, 3.8) is 0 Å². The molecule has 84 valence electrons. The normalized spacial score (nSPS) is 11.6. The summed E-state index contributed by atoms with van der Waals surface area (Å²) >= 11 is 0. The minimum Gasteiger partial charge on any atom is -0.457 e. The van der Waals surface area contributed by atoms with Gasteiger partial charge in [0, 0.05) is 5.39 Å². The van der Waals surface area contributed by atoms with Gasteiger partial charge in [0.05, 0.1) is 0 Å². The van der Waals surface area contributed by atoms with E-state index < -0.39 is 0 Å². The van der Waals surface area contributed by atoms with Gasteiger partial charge in [0.15, 0.2) is 0 Å². The molecule has 0 bridgehead atoms. The fourth-order valence-electron chi connectivity index (χ4n) is 1.54. The maximum absolute atomic E-state index is 12.9. The van der Waals surface area contributed by atoms with E-state index in [-0.39, 0.29) is 5.82 Å². The first-order valence-corrected chi connectivity index (χ1v) is 5.30. The molecule has 0 radical (unpaired) electrons. The Morgan fingerprint density at radius 1 is 1.38 bits per heavy atom. The lowest BCUT2D eigenvalue weighted by Gasteiger charge is -1.89. The standard InChI is InChI=1S/C13H14FNO/c1-15-7-3-2-4-12-9-10-8-11(14)5-6-13(10)16-12/h2,4-6,8-9,15H,3,7H2,1H3/b4-2+. The van der Waals surface area contributed by atoms with Crippen LogP contribution in [0.15, 0.2) is 34.8 Å². The number of hydrogen-bond acceptors (Lipinski definition) is 2. The van der Waals surface area contributed by atoms with Gasteiger partial charge in [-0.3, -0.25) is 0 Å². The molecule has 0 fully saturated rings. The average Bonchev–Trinajstić information content (AvgIpc) is 2.66. The molecule has 16 heavy (non-hydrogen) atoms. The maximum Gasteiger partial charge on any atom is 0.134 e. The van der Waals surface area contributed by atoms with Crippen LogP contribution >= 0.6 is 0 Å². The average molecular weight is 219 g/mol. The summed E-state index contributed by atoms with van der Waals surface area (Å²) < 4.78 is 18.5. The van der Waals surface area contributed by atoms with E-state index in [2.05, 4.69) is 5.32 Å². The molecule has 0 aliphatic carbocycles. The van der Waals surface area contributed by atoms with Crippen molar-refractivity contribution in [3.05, 3.63) is 41.9 Å². The van der Waals surface area contributed by atoms with Crippen molar-refractivity contribution in [2.45, 2.75) is 6.42 Å². The Kier molecular flexibility index (Phi) is 3.37. The molecule has 0 unspecified atom stereocenters. The molecular formula is C13H14FNO. The van der Waals surface area contributed by atoms with Gasteiger partial charge >= 0.3 is 0 Å². The number of fused-ring (bicyclic) bond motifs is 1. The topological polar surface area (TPSA) is 25.2 Å². The molecule has 2 aromatic rings. The predicted molar refractivity (Wildman–Crippen MR) is 63.7 cm³/mol. The van der Waals surface area contributed by atoms with E-state index >= 15 is 0 Å². The number of furan rings is 1. The first-order valence-electron chi connectivity index (χ1n) is 5.30. The minimum absolute atomic E-state index is 0.237. The molecule has 1 heterocycles. The zero-order chi connectivity index (χ0) is 11.4. The van der Waals surface area contributed by atoms with Crippen LogP contribution in [0.25, 0.3) is 17.0 Å². The highest BCUT2D eigenvalue weighted by Crippen LogP contribution is 2.21. The lowest BCUT2D eigenvalue weighted by molar-refractivity contribution is 0.600. The third-order valence-electron chi connectivity index (χ3n) is 2.34. The molecule has 1 aromatic carbocycles. The van der Waals surface area contributed by atoms with Gasteiger partial charge in [-0.1, -0.05) is 6.08 Å². The van der Waals surface area contributed by atoms with E-state index in [4.69, 9.17) is 4.42 Å². The van der Waals surface area contributed by atoms with Gasteiger partial charge in [-0.2, -0.15) is 0 Å². The summed E-state index contributed by atoms with van der Waals surface area (Å²) in [5, 5.41) is 3.86. The molecule has 0 aliphatic heterocycles. The van der Waals surface area contributed by atoms with E-state index in [0.29, 0.717) is 0 Å².